The third-order valence-corrected chi connectivity index (χ3v) is 1.98. The predicted molar refractivity (Wildman–Crippen MR) is 43.9 cm³/mol. The van der Waals surface area contributed by atoms with Crippen LogP contribution in [0.4, 0.5) is 0 Å². The number of nitrogens with two attached hydrogens (primary N) is 1. The van der Waals surface area contributed by atoms with Crippen molar-refractivity contribution in [3.05, 3.63) is 0 Å². The molecular weight excluding hydrogens is 201 g/mol. The molecule has 0 aliphatic rings. The Bertz CT molecular complexity index is 193. The van der Waals surface area contributed by atoms with Gasteiger partial charge >= 0.3 is 7.82 Å². The first-order valence-corrected chi connectivity index (χ1v) is 5.06. The summed E-state index contributed by atoms with van der Waals surface area (Å²) >= 11 is 0. The quantitative estimate of drug-likeness (QED) is 0.285. The van der Waals surface area contributed by atoms with E-state index in [9.17, 15) is 4.57 Å². The zero-order chi connectivity index (χ0) is 11.0. The van der Waals surface area contributed by atoms with Gasteiger partial charge in [0.25, 0.3) is 0 Å². The van der Waals surface area contributed by atoms with Gasteiger partial charge in [-0.15, -0.1) is 0 Å². The van der Waals surface area contributed by atoms with Gasteiger partial charge in [0, 0.05) is 6.54 Å². The summed E-state index contributed by atoms with van der Waals surface area (Å²) in [6.07, 6.45) is -1.21. The summed E-state index contributed by atoms with van der Waals surface area (Å²) < 4.78 is 26.1. The monoisotopic (exact) mass is 216 g/mol. The molecule has 0 saturated carbocycles. The van der Waals surface area contributed by atoms with Crippen molar-refractivity contribution in [2.75, 3.05) is 26.4 Å². The van der Waals surface area contributed by atoms with Crippen molar-refractivity contribution in [1.29, 1.82) is 0 Å². The van der Waals surface area contributed by atoms with Crippen molar-refractivity contribution >= 4 is 7.82 Å². The van der Waals surface area contributed by atoms with Crippen LogP contribution in [0.25, 0.3) is 0 Å². The van der Waals surface area contributed by atoms with E-state index in [0.717, 1.165) is 0 Å². The van der Waals surface area contributed by atoms with Gasteiger partial charge in [-0.05, 0) is 0 Å². The molecule has 7 nitrogen and oxygen atoms in total. The molecule has 0 spiro atoms. The third kappa shape index (κ3) is 7.09. The summed E-state index contributed by atoms with van der Waals surface area (Å²) in [4.78, 5) is 8.91. The number of phosphoric ester groups is 1. The van der Waals surface area contributed by atoms with E-state index in [1.807, 2.05) is 5.73 Å². The highest BCUT2D eigenvalue weighted by atomic mass is 31.2. The molecule has 0 aromatic heterocycles. The van der Waals surface area contributed by atoms with Crippen LogP contribution in [0.2, 0.25) is 1.41 Å². The van der Waals surface area contributed by atoms with Gasteiger partial charge in [0.05, 0.1) is 19.8 Å². The highest BCUT2D eigenvalue weighted by Gasteiger charge is 2.21. The van der Waals surface area contributed by atoms with Crippen LogP contribution in [0.3, 0.4) is 0 Å². The van der Waals surface area contributed by atoms with E-state index in [-0.39, 0.29) is 13.2 Å². The molecule has 80 valence electrons. The maximum absolute atomic E-state index is 10.9. The van der Waals surface area contributed by atoms with Gasteiger partial charge in [-0.2, -0.15) is 0 Å². The Morgan fingerprint density at radius 1 is 1.62 bits per heavy atom. The van der Waals surface area contributed by atoms with Crippen LogP contribution in [-0.4, -0.2) is 47.6 Å². The van der Waals surface area contributed by atoms with E-state index in [4.69, 9.17) is 16.5 Å². The zero-order valence-corrected chi connectivity index (χ0v) is 7.81. The Labute approximate surface area is 77.2 Å². The topological polar surface area (TPSA) is 122 Å². The molecule has 13 heavy (non-hydrogen) atoms. The molecule has 0 heterocycles. The SMILES string of the molecule is [2H]NCCOP(=O)(O)OCC(O)CO. The number of hydrogen-bond donors (Lipinski definition) is 4. The third-order valence-electron chi connectivity index (χ3n) is 0.997. The van der Waals surface area contributed by atoms with E-state index in [2.05, 4.69) is 9.05 Å². The molecule has 0 saturated heterocycles. The fourth-order valence-corrected chi connectivity index (χ4v) is 1.19. The average Bonchev–Trinajstić information content (AvgIpc) is 2.14. The first kappa shape index (κ1) is 11.1. The molecule has 0 aliphatic carbocycles. The lowest BCUT2D eigenvalue weighted by atomic mass is 10.4. The fraction of sp³-hybridized carbons (Fsp3) is 1.00. The van der Waals surface area contributed by atoms with Gasteiger partial charge in [-0.3, -0.25) is 9.05 Å². The van der Waals surface area contributed by atoms with Crippen LogP contribution in [0, 0.1) is 0 Å². The molecule has 0 aromatic carbocycles. The van der Waals surface area contributed by atoms with Crippen molar-refractivity contribution < 1.29 is 30.1 Å². The molecular formula is C5H14NO6P. The Balaban J connectivity index is 3.66. The number of aliphatic hydroxyl groups excluding tert-OH is 2. The minimum Gasteiger partial charge on any atom is -0.394 e. The van der Waals surface area contributed by atoms with Crippen molar-refractivity contribution in [2.24, 2.45) is 5.73 Å². The van der Waals surface area contributed by atoms with Crippen molar-refractivity contribution in [3.8, 4) is 0 Å². The summed E-state index contributed by atoms with van der Waals surface area (Å²) in [7, 11) is -4.18. The number of phosphoric acid groups is 1. The Morgan fingerprint density at radius 2 is 2.31 bits per heavy atom. The Kier molecular flexibility index (Phi) is 5.49. The molecule has 0 fully saturated rings. The summed E-state index contributed by atoms with van der Waals surface area (Å²) in [6, 6.07) is 0. The van der Waals surface area contributed by atoms with Gasteiger partial charge in [0.15, 0.2) is 0 Å². The normalized spacial score (nSPS) is 19.2. The van der Waals surface area contributed by atoms with Gasteiger partial charge in [-0.1, -0.05) is 0 Å². The summed E-state index contributed by atoms with van der Waals surface area (Å²) in [5.74, 6) is 0. The van der Waals surface area contributed by atoms with Gasteiger partial charge in [-0.25, -0.2) is 4.57 Å². The minimum atomic E-state index is -4.18. The second-order valence-electron chi connectivity index (χ2n) is 2.18. The molecule has 2 atom stereocenters. The summed E-state index contributed by atoms with van der Waals surface area (Å²) in [5.41, 5.74) is 1.96. The first-order valence-electron chi connectivity index (χ1n) is 4.07. The molecule has 5 N–H and O–H groups in total. The molecule has 8 heteroatoms. The second-order valence-corrected chi connectivity index (χ2v) is 3.64. The van der Waals surface area contributed by atoms with Crippen LogP contribution >= 0.6 is 7.82 Å². The Hall–Kier alpha value is -0.0100. The van der Waals surface area contributed by atoms with Crippen molar-refractivity contribution in [2.45, 2.75) is 6.10 Å². The van der Waals surface area contributed by atoms with Crippen LogP contribution in [0.1, 0.15) is 0 Å². The van der Waals surface area contributed by atoms with Crippen LogP contribution in [-0.2, 0) is 13.6 Å². The summed E-state index contributed by atoms with van der Waals surface area (Å²) in [5, 5.41) is 17.2. The van der Waals surface area contributed by atoms with E-state index in [1.54, 1.807) is 0 Å². The first-order chi connectivity index (χ1) is 6.52. The van der Waals surface area contributed by atoms with Crippen molar-refractivity contribution in [3.63, 3.8) is 0 Å². The second kappa shape index (κ2) is 6.44. The maximum Gasteiger partial charge on any atom is 0.472 e. The number of aliphatic hydroxyl groups is 2. The molecule has 0 aliphatic heterocycles. The maximum atomic E-state index is 10.9. The van der Waals surface area contributed by atoms with Crippen LogP contribution < -0.4 is 5.73 Å². The fourth-order valence-electron chi connectivity index (χ4n) is 0.431. The smallest absolute Gasteiger partial charge is 0.394 e. The average molecular weight is 216 g/mol. The van der Waals surface area contributed by atoms with Gasteiger partial charge < -0.3 is 20.8 Å². The summed E-state index contributed by atoms with van der Waals surface area (Å²) in [6.45, 7) is -1.13. The highest BCUT2D eigenvalue weighted by Crippen LogP contribution is 2.42. The molecule has 0 amide bonds. The number of rotatable bonds is 8. The highest BCUT2D eigenvalue weighted by molar-refractivity contribution is 7.47. The van der Waals surface area contributed by atoms with Crippen LogP contribution in [0.5, 0.6) is 0 Å². The lowest BCUT2D eigenvalue weighted by molar-refractivity contribution is 0.0367. The van der Waals surface area contributed by atoms with Crippen LogP contribution in [0.15, 0.2) is 0 Å². The molecule has 0 aromatic rings. The molecule has 0 rings (SSSR count). The molecule has 0 radical (unpaired) electrons. The van der Waals surface area contributed by atoms with Gasteiger partial charge in [0.2, 0.25) is 0 Å². The van der Waals surface area contributed by atoms with E-state index in [0.29, 0.717) is 0 Å². The minimum absolute atomic E-state index is 0.0798. The van der Waals surface area contributed by atoms with E-state index >= 15 is 0 Å². The van der Waals surface area contributed by atoms with Gasteiger partial charge in [0.1, 0.15) is 7.52 Å². The van der Waals surface area contributed by atoms with E-state index < -0.39 is 27.1 Å². The van der Waals surface area contributed by atoms with E-state index in [1.165, 1.54) is 0 Å². The van der Waals surface area contributed by atoms with Crippen molar-refractivity contribution in [1.82, 2.24) is 0 Å². The zero-order valence-electron chi connectivity index (χ0n) is 7.92. The Morgan fingerprint density at radius 3 is 2.85 bits per heavy atom. The lowest BCUT2D eigenvalue weighted by Gasteiger charge is -2.13. The largest absolute Gasteiger partial charge is 0.472 e. The standard InChI is InChI=1S/C5H14NO6P/c6-1-2-11-13(9,10)12-4-5(8)3-7/h5,7-8H,1-4,6H2,(H,9,10)/i/hD. The number of hydrogen-bond acceptors (Lipinski definition) is 6. The molecule has 2 unspecified atom stereocenters. The molecule has 0 bridgehead atoms. The predicted octanol–water partition coefficient (Wildman–Crippen LogP) is -1.57. The lowest BCUT2D eigenvalue weighted by Crippen LogP contribution is -2.19.